The summed E-state index contributed by atoms with van der Waals surface area (Å²) >= 11 is 0. The van der Waals surface area contributed by atoms with Gasteiger partial charge in [0.05, 0.1) is 11.9 Å². The molecule has 0 rings (SSSR count). The summed E-state index contributed by atoms with van der Waals surface area (Å²) in [5, 5.41) is -0.484. The fourth-order valence-corrected chi connectivity index (χ4v) is 1.24. The minimum atomic E-state index is -3.14. The van der Waals surface area contributed by atoms with E-state index in [1.165, 1.54) is 14.2 Å². The summed E-state index contributed by atoms with van der Waals surface area (Å²) < 4.78 is 28.7. The van der Waals surface area contributed by atoms with Crippen molar-refractivity contribution in [3.05, 3.63) is 0 Å². The van der Waals surface area contributed by atoms with E-state index < -0.39 is 15.3 Å². The molecule has 0 spiro atoms. The van der Waals surface area contributed by atoms with Crippen LogP contribution >= 0.6 is 0 Å². The van der Waals surface area contributed by atoms with Crippen molar-refractivity contribution in [1.29, 1.82) is 0 Å². The molecule has 10 heavy (non-hydrogen) atoms. The molecule has 0 aromatic heterocycles. The minimum Gasteiger partial charge on any atom is -0.383 e. The predicted octanol–water partition coefficient (Wildman–Crippen LogP) is -0.429. The Bertz CT molecular complexity index is 175. The Kier molecular flexibility index (Phi) is 3.85. The second kappa shape index (κ2) is 3.90. The average Bonchev–Trinajstić information content (AvgIpc) is 1.89. The Morgan fingerprint density at radius 3 is 2.40 bits per heavy atom. The highest BCUT2D eigenvalue weighted by Gasteiger charge is 2.17. The van der Waals surface area contributed by atoms with Gasteiger partial charge in [-0.1, -0.05) is 0 Å². The second-order valence-corrected chi connectivity index (χ2v) is 4.32. The molecule has 0 amide bonds. The van der Waals surface area contributed by atoms with E-state index in [-0.39, 0.29) is 6.61 Å². The first kappa shape index (κ1) is 9.87. The third-order valence-corrected chi connectivity index (χ3v) is 2.98. The molecule has 1 N–H and O–H groups in total. The summed E-state index contributed by atoms with van der Waals surface area (Å²) in [7, 11) is -0.271. The molecule has 0 heterocycles. The smallest absolute Gasteiger partial charge is 0.216 e. The van der Waals surface area contributed by atoms with Crippen molar-refractivity contribution < 1.29 is 13.2 Å². The van der Waals surface area contributed by atoms with Gasteiger partial charge in [-0.3, -0.25) is 0 Å². The van der Waals surface area contributed by atoms with Crippen molar-refractivity contribution in [3.63, 3.8) is 0 Å². The van der Waals surface area contributed by atoms with Gasteiger partial charge in [0.15, 0.2) is 0 Å². The zero-order valence-corrected chi connectivity index (χ0v) is 7.23. The molecule has 0 unspecified atom stereocenters. The quantitative estimate of drug-likeness (QED) is 0.618. The van der Waals surface area contributed by atoms with Gasteiger partial charge in [-0.15, -0.1) is 0 Å². The van der Waals surface area contributed by atoms with Crippen LogP contribution in [0, 0.1) is 0 Å². The third kappa shape index (κ3) is 2.64. The Morgan fingerprint density at radius 2 is 2.10 bits per heavy atom. The highest BCUT2D eigenvalue weighted by molar-refractivity contribution is 7.90. The summed E-state index contributed by atoms with van der Waals surface area (Å²) in [5.41, 5.74) is 0. The monoisotopic (exact) mass is 167 g/mol. The highest BCUT2D eigenvalue weighted by atomic mass is 32.2. The van der Waals surface area contributed by atoms with Crippen LogP contribution in [0.5, 0.6) is 0 Å². The first-order valence-corrected chi connectivity index (χ1v) is 4.50. The molecule has 0 aromatic rings. The lowest BCUT2D eigenvalue weighted by Crippen LogP contribution is -2.32. The molecule has 0 aromatic carbocycles. The molecule has 4 nitrogen and oxygen atoms in total. The molecule has 0 bridgehead atoms. The number of hydrogen-bond donors (Lipinski definition) is 1. The lowest BCUT2D eigenvalue weighted by atomic mass is 10.5. The predicted molar refractivity (Wildman–Crippen MR) is 39.3 cm³/mol. The number of hydrogen-bond acceptors (Lipinski definition) is 3. The summed E-state index contributed by atoms with van der Waals surface area (Å²) in [6.07, 6.45) is 0. The molecule has 1 atom stereocenters. The van der Waals surface area contributed by atoms with Gasteiger partial charge in [0.2, 0.25) is 10.0 Å². The van der Waals surface area contributed by atoms with Gasteiger partial charge in [-0.05, 0) is 14.0 Å². The van der Waals surface area contributed by atoms with Crippen LogP contribution in [0.15, 0.2) is 0 Å². The Balaban J connectivity index is 4.06. The summed E-state index contributed by atoms with van der Waals surface area (Å²) in [6, 6.07) is 0. The molecule has 0 fully saturated rings. The Labute approximate surface area is 61.6 Å². The molecule has 0 saturated carbocycles. The first-order chi connectivity index (χ1) is 4.54. The second-order valence-electron chi connectivity index (χ2n) is 2.02. The molecule has 0 saturated heterocycles. The van der Waals surface area contributed by atoms with E-state index in [0.29, 0.717) is 0 Å². The Hall–Kier alpha value is -0.130. The SMILES string of the molecule is CNS(=O)(=O)[C@H](C)COC. The lowest BCUT2D eigenvalue weighted by molar-refractivity contribution is 0.200. The zero-order valence-electron chi connectivity index (χ0n) is 6.42. The van der Waals surface area contributed by atoms with E-state index in [2.05, 4.69) is 9.46 Å². The maximum Gasteiger partial charge on any atom is 0.216 e. The van der Waals surface area contributed by atoms with Crippen molar-refractivity contribution >= 4 is 10.0 Å². The standard InChI is InChI=1S/C5H13NO3S/c1-5(4-9-3)10(7,8)6-2/h5-6H,4H2,1-3H3/t5-/m1/s1. The fraction of sp³-hybridized carbons (Fsp3) is 1.00. The van der Waals surface area contributed by atoms with Gasteiger partial charge in [0, 0.05) is 7.11 Å². The summed E-state index contributed by atoms with van der Waals surface area (Å²) in [6.45, 7) is 1.82. The molecular formula is C5H13NO3S. The van der Waals surface area contributed by atoms with Crippen LogP contribution in [-0.4, -0.2) is 34.4 Å². The average molecular weight is 167 g/mol. The minimum absolute atomic E-state index is 0.225. The van der Waals surface area contributed by atoms with Crippen LogP contribution < -0.4 is 4.72 Å². The number of sulfonamides is 1. The van der Waals surface area contributed by atoms with Gasteiger partial charge >= 0.3 is 0 Å². The van der Waals surface area contributed by atoms with E-state index in [4.69, 9.17) is 0 Å². The first-order valence-electron chi connectivity index (χ1n) is 2.96. The van der Waals surface area contributed by atoms with Gasteiger partial charge < -0.3 is 4.74 Å². The Morgan fingerprint density at radius 1 is 1.60 bits per heavy atom. The normalized spacial score (nSPS) is 15.1. The van der Waals surface area contributed by atoms with E-state index in [1.807, 2.05) is 0 Å². The molecule has 5 heteroatoms. The van der Waals surface area contributed by atoms with Gasteiger partial charge in [-0.2, -0.15) is 0 Å². The maximum absolute atomic E-state index is 10.9. The summed E-state index contributed by atoms with van der Waals surface area (Å²) in [5.74, 6) is 0. The van der Waals surface area contributed by atoms with Crippen molar-refractivity contribution in [3.8, 4) is 0 Å². The zero-order chi connectivity index (χ0) is 8.20. The number of rotatable bonds is 4. The largest absolute Gasteiger partial charge is 0.383 e. The lowest BCUT2D eigenvalue weighted by Gasteiger charge is -2.09. The molecule has 0 aliphatic rings. The van der Waals surface area contributed by atoms with Crippen LogP contribution in [0.1, 0.15) is 6.92 Å². The molecule has 0 aliphatic carbocycles. The van der Waals surface area contributed by atoms with Crippen LogP contribution in [-0.2, 0) is 14.8 Å². The van der Waals surface area contributed by atoms with Crippen molar-refractivity contribution in [2.45, 2.75) is 12.2 Å². The van der Waals surface area contributed by atoms with Gasteiger partial charge in [0.1, 0.15) is 0 Å². The highest BCUT2D eigenvalue weighted by Crippen LogP contribution is 1.96. The molecule has 0 radical (unpaired) electrons. The van der Waals surface area contributed by atoms with Crippen LogP contribution in [0.4, 0.5) is 0 Å². The van der Waals surface area contributed by atoms with Crippen LogP contribution in [0.2, 0.25) is 0 Å². The van der Waals surface area contributed by atoms with Crippen LogP contribution in [0.25, 0.3) is 0 Å². The molecule has 0 aliphatic heterocycles. The van der Waals surface area contributed by atoms with E-state index in [0.717, 1.165) is 0 Å². The number of methoxy groups -OCH3 is 1. The van der Waals surface area contributed by atoms with Crippen molar-refractivity contribution in [1.82, 2.24) is 4.72 Å². The van der Waals surface area contributed by atoms with E-state index in [9.17, 15) is 8.42 Å². The van der Waals surface area contributed by atoms with E-state index >= 15 is 0 Å². The van der Waals surface area contributed by atoms with Crippen molar-refractivity contribution in [2.24, 2.45) is 0 Å². The number of ether oxygens (including phenoxy) is 1. The topological polar surface area (TPSA) is 55.4 Å². The van der Waals surface area contributed by atoms with Gasteiger partial charge in [-0.25, -0.2) is 13.1 Å². The third-order valence-electron chi connectivity index (χ3n) is 1.22. The molecular weight excluding hydrogens is 154 g/mol. The van der Waals surface area contributed by atoms with Crippen LogP contribution in [0.3, 0.4) is 0 Å². The fourth-order valence-electron chi connectivity index (χ4n) is 0.525. The van der Waals surface area contributed by atoms with Gasteiger partial charge in [0.25, 0.3) is 0 Å². The summed E-state index contributed by atoms with van der Waals surface area (Å²) in [4.78, 5) is 0. The number of nitrogens with one attached hydrogen (secondary N) is 1. The maximum atomic E-state index is 10.9. The van der Waals surface area contributed by atoms with Crippen molar-refractivity contribution in [2.75, 3.05) is 20.8 Å². The van der Waals surface area contributed by atoms with E-state index in [1.54, 1.807) is 6.92 Å². The molecule has 62 valence electrons.